The van der Waals surface area contributed by atoms with E-state index in [9.17, 15) is 4.79 Å². The maximum Gasteiger partial charge on any atom is 0.217 e. The van der Waals surface area contributed by atoms with Crippen LogP contribution < -0.4 is 5.32 Å². The fourth-order valence-electron chi connectivity index (χ4n) is 2.95. The number of likely N-dealkylation sites (tertiary alicyclic amines) is 1. The van der Waals surface area contributed by atoms with E-state index >= 15 is 0 Å². The maximum atomic E-state index is 11.1. The molecule has 100 valence electrons. The summed E-state index contributed by atoms with van der Waals surface area (Å²) >= 11 is 0. The monoisotopic (exact) mass is 240 g/mol. The third-order valence-electron chi connectivity index (χ3n) is 3.36. The first kappa shape index (κ1) is 14.5. The van der Waals surface area contributed by atoms with Gasteiger partial charge < -0.3 is 10.2 Å². The molecule has 0 aromatic rings. The standard InChI is InChI=1S/C14H28N2O/c1-11(2)8-12(3)9-16-7-5-6-14(10-16)15-13(4)17/h11-12,14H,5-10H2,1-4H3,(H,15,17)/t12-,14-/m0/s1. The second kappa shape index (κ2) is 7.00. The summed E-state index contributed by atoms with van der Waals surface area (Å²) in [6, 6.07) is 0.368. The Morgan fingerprint density at radius 1 is 1.41 bits per heavy atom. The Morgan fingerprint density at radius 2 is 2.12 bits per heavy atom. The van der Waals surface area contributed by atoms with Gasteiger partial charge in [0.15, 0.2) is 0 Å². The van der Waals surface area contributed by atoms with Gasteiger partial charge in [-0.3, -0.25) is 4.79 Å². The first-order chi connectivity index (χ1) is 7.97. The molecule has 1 amide bonds. The summed E-state index contributed by atoms with van der Waals surface area (Å²) in [5.41, 5.74) is 0. The Bertz CT molecular complexity index is 240. The first-order valence-corrected chi connectivity index (χ1v) is 6.96. The molecule has 3 nitrogen and oxygen atoms in total. The molecule has 1 aliphatic rings. The summed E-state index contributed by atoms with van der Waals surface area (Å²) in [7, 11) is 0. The highest BCUT2D eigenvalue weighted by atomic mass is 16.1. The quantitative estimate of drug-likeness (QED) is 0.799. The molecule has 17 heavy (non-hydrogen) atoms. The highest BCUT2D eigenvalue weighted by molar-refractivity contribution is 5.73. The predicted octanol–water partition coefficient (Wildman–Crippen LogP) is 2.27. The Balaban J connectivity index is 2.31. The fraction of sp³-hybridized carbons (Fsp3) is 0.929. The van der Waals surface area contributed by atoms with Crippen LogP contribution >= 0.6 is 0 Å². The molecular weight excluding hydrogens is 212 g/mol. The Morgan fingerprint density at radius 3 is 2.71 bits per heavy atom. The molecule has 0 aromatic heterocycles. The molecule has 2 atom stereocenters. The van der Waals surface area contributed by atoms with E-state index in [1.807, 2.05) is 0 Å². The van der Waals surface area contributed by atoms with Gasteiger partial charge in [-0.15, -0.1) is 0 Å². The van der Waals surface area contributed by atoms with E-state index in [1.165, 1.54) is 25.9 Å². The van der Waals surface area contributed by atoms with Crippen molar-refractivity contribution in [3.63, 3.8) is 0 Å². The molecule has 1 rings (SSSR count). The fourth-order valence-corrected chi connectivity index (χ4v) is 2.95. The van der Waals surface area contributed by atoms with E-state index in [0.29, 0.717) is 6.04 Å². The van der Waals surface area contributed by atoms with Gasteiger partial charge >= 0.3 is 0 Å². The molecule has 1 saturated heterocycles. The van der Waals surface area contributed by atoms with Crippen molar-refractivity contribution in [3.8, 4) is 0 Å². The summed E-state index contributed by atoms with van der Waals surface area (Å²) in [5.74, 6) is 1.64. The van der Waals surface area contributed by atoms with Gasteiger partial charge in [0.2, 0.25) is 5.91 Å². The number of rotatable bonds is 5. The Kier molecular flexibility index (Phi) is 5.96. The number of nitrogens with zero attached hydrogens (tertiary/aromatic N) is 1. The molecule has 0 radical (unpaired) electrons. The zero-order chi connectivity index (χ0) is 12.8. The molecular formula is C14H28N2O. The van der Waals surface area contributed by atoms with Crippen LogP contribution in [0.2, 0.25) is 0 Å². The van der Waals surface area contributed by atoms with Crippen LogP contribution in [-0.2, 0) is 4.79 Å². The zero-order valence-electron chi connectivity index (χ0n) is 11.8. The van der Waals surface area contributed by atoms with Gasteiger partial charge in [-0.05, 0) is 37.6 Å². The van der Waals surface area contributed by atoms with Gasteiger partial charge in [0.25, 0.3) is 0 Å². The van der Waals surface area contributed by atoms with E-state index in [-0.39, 0.29) is 5.91 Å². The number of nitrogens with one attached hydrogen (secondary N) is 1. The number of carbonyl (C=O) groups is 1. The Hall–Kier alpha value is -0.570. The van der Waals surface area contributed by atoms with Crippen molar-refractivity contribution in [1.82, 2.24) is 10.2 Å². The summed E-state index contributed by atoms with van der Waals surface area (Å²) in [5, 5.41) is 3.05. The second-order valence-corrected chi connectivity index (χ2v) is 6.03. The lowest BCUT2D eigenvalue weighted by molar-refractivity contribution is -0.120. The van der Waals surface area contributed by atoms with E-state index in [2.05, 4.69) is 31.0 Å². The van der Waals surface area contributed by atoms with Crippen molar-refractivity contribution in [2.75, 3.05) is 19.6 Å². The molecule has 1 N–H and O–H groups in total. The van der Waals surface area contributed by atoms with Crippen LogP contribution in [0.5, 0.6) is 0 Å². The SMILES string of the molecule is CC(=O)N[C@H]1CCCN(C[C@@H](C)CC(C)C)C1. The van der Waals surface area contributed by atoms with Crippen LogP contribution in [0.25, 0.3) is 0 Å². The van der Waals surface area contributed by atoms with Crippen molar-refractivity contribution < 1.29 is 4.79 Å². The zero-order valence-corrected chi connectivity index (χ0v) is 11.8. The normalized spacial score (nSPS) is 23.7. The number of piperidine rings is 1. The lowest BCUT2D eigenvalue weighted by Gasteiger charge is -2.34. The van der Waals surface area contributed by atoms with Gasteiger partial charge in [0.1, 0.15) is 0 Å². The average molecular weight is 240 g/mol. The molecule has 3 heteroatoms. The molecule has 1 aliphatic heterocycles. The summed E-state index contributed by atoms with van der Waals surface area (Å²) in [6.07, 6.45) is 3.63. The lowest BCUT2D eigenvalue weighted by atomic mass is 9.97. The van der Waals surface area contributed by atoms with Crippen molar-refractivity contribution in [3.05, 3.63) is 0 Å². The van der Waals surface area contributed by atoms with Crippen LogP contribution in [0.15, 0.2) is 0 Å². The molecule has 0 aliphatic carbocycles. The van der Waals surface area contributed by atoms with Crippen LogP contribution in [0.4, 0.5) is 0 Å². The minimum Gasteiger partial charge on any atom is -0.352 e. The van der Waals surface area contributed by atoms with E-state index in [4.69, 9.17) is 0 Å². The summed E-state index contributed by atoms with van der Waals surface area (Å²) in [6.45, 7) is 11.9. The van der Waals surface area contributed by atoms with Gasteiger partial charge in [-0.1, -0.05) is 20.8 Å². The highest BCUT2D eigenvalue weighted by Crippen LogP contribution is 2.16. The van der Waals surface area contributed by atoms with Crippen molar-refractivity contribution in [1.29, 1.82) is 0 Å². The van der Waals surface area contributed by atoms with E-state index < -0.39 is 0 Å². The molecule has 0 bridgehead atoms. The third-order valence-corrected chi connectivity index (χ3v) is 3.36. The van der Waals surface area contributed by atoms with Gasteiger partial charge in [-0.2, -0.15) is 0 Å². The highest BCUT2D eigenvalue weighted by Gasteiger charge is 2.21. The largest absolute Gasteiger partial charge is 0.352 e. The maximum absolute atomic E-state index is 11.1. The molecule has 0 spiro atoms. The van der Waals surface area contributed by atoms with Gasteiger partial charge in [-0.25, -0.2) is 0 Å². The smallest absolute Gasteiger partial charge is 0.217 e. The second-order valence-electron chi connectivity index (χ2n) is 6.03. The number of amides is 1. The third kappa shape index (κ3) is 6.06. The van der Waals surface area contributed by atoms with Gasteiger partial charge in [0.05, 0.1) is 0 Å². The van der Waals surface area contributed by atoms with Crippen LogP contribution in [0, 0.1) is 11.8 Å². The van der Waals surface area contributed by atoms with Gasteiger partial charge in [0, 0.05) is 26.1 Å². The first-order valence-electron chi connectivity index (χ1n) is 6.96. The van der Waals surface area contributed by atoms with Crippen molar-refractivity contribution in [2.45, 2.75) is 53.0 Å². The molecule has 1 heterocycles. The van der Waals surface area contributed by atoms with Crippen molar-refractivity contribution in [2.24, 2.45) is 11.8 Å². The predicted molar refractivity (Wildman–Crippen MR) is 71.9 cm³/mol. The summed E-state index contributed by atoms with van der Waals surface area (Å²) < 4.78 is 0. The molecule has 0 unspecified atom stereocenters. The van der Waals surface area contributed by atoms with Crippen LogP contribution in [0.3, 0.4) is 0 Å². The van der Waals surface area contributed by atoms with E-state index in [0.717, 1.165) is 24.8 Å². The van der Waals surface area contributed by atoms with Crippen molar-refractivity contribution >= 4 is 5.91 Å². The van der Waals surface area contributed by atoms with Crippen LogP contribution in [0.1, 0.15) is 47.0 Å². The lowest BCUT2D eigenvalue weighted by Crippen LogP contribution is -2.48. The molecule has 1 fully saturated rings. The van der Waals surface area contributed by atoms with Crippen LogP contribution in [-0.4, -0.2) is 36.5 Å². The minimum absolute atomic E-state index is 0.104. The Labute approximate surface area is 106 Å². The number of hydrogen-bond acceptors (Lipinski definition) is 2. The molecule has 0 aromatic carbocycles. The summed E-state index contributed by atoms with van der Waals surface area (Å²) in [4.78, 5) is 13.6. The minimum atomic E-state index is 0.104. The topological polar surface area (TPSA) is 32.3 Å². The van der Waals surface area contributed by atoms with E-state index in [1.54, 1.807) is 6.92 Å². The average Bonchev–Trinajstić information content (AvgIpc) is 2.14. The number of carbonyl (C=O) groups excluding carboxylic acids is 1. The number of hydrogen-bond donors (Lipinski definition) is 1. The molecule has 0 saturated carbocycles.